The monoisotopic (exact) mass is 528 g/mol. The summed E-state index contributed by atoms with van der Waals surface area (Å²) < 4.78 is 1.69. The molecule has 8 nitrogen and oxygen atoms in total. The number of nitrogens with one attached hydrogen (secondary N) is 3. The Morgan fingerprint density at radius 2 is 1.74 bits per heavy atom. The Labute approximate surface area is 231 Å². The summed E-state index contributed by atoms with van der Waals surface area (Å²) in [5.74, 6) is 0.412. The van der Waals surface area contributed by atoms with Crippen LogP contribution in [0.2, 0.25) is 0 Å². The Morgan fingerprint density at radius 3 is 2.46 bits per heavy atom. The summed E-state index contributed by atoms with van der Waals surface area (Å²) in [6, 6.07) is 18.4. The Hall–Kier alpha value is -3.91. The highest BCUT2D eigenvalue weighted by atomic mass is 16.2. The van der Waals surface area contributed by atoms with Crippen molar-refractivity contribution >= 4 is 17.9 Å². The zero-order chi connectivity index (χ0) is 27.5. The van der Waals surface area contributed by atoms with Crippen LogP contribution in [0.3, 0.4) is 0 Å². The van der Waals surface area contributed by atoms with Crippen LogP contribution < -0.4 is 21.5 Å². The molecule has 1 aromatic heterocycles. The van der Waals surface area contributed by atoms with Crippen LogP contribution in [0.1, 0.15) is 49.8 Å². The molecular weight excluding hydrogens is 488 g/mol. The highest BCUT2D eigenvalue weighted by Crippen LogP contribution is 2.16. The Kier molecular flexibility index (Phi) is 10.3. The molecule has 0 spiro atoms. The number of piperidine rings is 1. The minimum absolute atomic E-state index is 0.111. The largest absolute Gasteiger partial charge is 0.363 e. The highest BCUT2D eigenvalue weighted by molar-refractivity contribution is 5.73. The van der Waals surface area contributed by atoms with Gasteiger partial charge in [-0.25, -0.2) is 9.78 Å². The van der Waals surface area contributed by atoms with Gasteiger partial charge in [-0.05, 0) is 42.9 Å². The molecule has 0 unspecified atom stereocenters. The van der Waals surface area contributed by atoms with Crippen molar-refractivity contribution in [2.24, 2.45) is 0 Å². The number of hydrogen-bond acceptors (Lipinski definition) is 5. The van der Waals surface area contributed by atoms with Gasteiger partial charge in [0, 0.05) is 51.2 Å². The smallest absolute Gasteiger partial charge is 0.315 e. The fraction of sp³-hybridized carbons (Fsp3) is 0.387. The molecule has 1 saturated heterocycles. The number of hydrogen-bond donors (Lipinski definition) is 3. The number of benzene rings is 2. The SMILES string of the molecule is CCCNC(=O)NCc1ccc(Cn2ccnc(NC3CCN(CC(C)=Cc4ccccc4)CC3)c2=O)cc1. The molecule has 2 heterocycles. The quantitative estimate of drug-likeness (QED) is 0.341. The number of rotatable bonds is 11. The van der Waals surface area contributed by atoms with Crippen molar-refractivity contribution in [2.45, 2.75) is 52.2 Å². The average molecular weight is 529 g/mol. The van der Waals surface area contributed by atoms with E-state index in [4.69, 9.17) is 0 Å². The first kappa shape index (κ1) is 28.1. The van der Waals surface area contributed by atoms with Crippen molar-refractivity contribution in [3.63, 3.8) is 0 Å². The predicted octanol–water partition coefficient (Wildman–Crippen LogP) is 4.48. The standard InChI is InChI=1S/C31H40N6O2/c1-3-15-33-31(39)34-21-26-9-11-27(12-10-26)23-37-19-16-32-29(30(37)38)35-28-13-17-36(18-14-28)22-24(2)20-25-7-5-4-6-8-25/h4-12,16,19-20,28H,3,13-15,17-18,21-23H2,1-2H3,(H,32,35)(H2,33,34,39). The molecule has 1 fully saturated rings. The number of anilines is 1. The number of aromatic nitrogens is 2. The molecule has 3 N–H and O–H groups in total. The first-order valence-corrected chi connectivity index (χ1v) is 13.9. The van der Waals surface area contributed by atoms with Crippen molar-refractivity contribution in [2.75, 3.05) is 31.5 Å². The fourth-order valence-corrected chi connectivity index (χ4v) is 4.77. The maximum absolute atomic E-state index is 13.1. The van der Waals surface area contributed by atoms with Crippen LogP contribution in [-0.2, 0) is 13.1 Å². The molecule has 2 amide bonds. The second-order valence-corrected chi connectivity index (χ2v) is 10.2. The van der Waals surface area contributed by atoms with Crippen molar-refractivity contribution in [1.82, 2.24) is 25.1 Å². The summed E-state index contributed by atoms with van der Waals surface area (Å²) in [5, 5.41) is 9.06. The van der Waals surface area contributed by atoms with E-state index >= 15 is 0 Å². The van der Waals surface area contributed by atoms with Gasteiger partial charge in [0.1, 0.15) is 0 Å². The molecule has 0 atom stereocenters. The van der Waals surface area contributed by atoms with Gasteiger partial charge in [0.25, 0.3) is 5.56 Å². The number of likely N-dealkylation sites (tertiary alicyclic amines) is 1. The van der Waals surface area contributed by atoms with Gasteiger partial charge in [0.2, 0.25) is 0 Å². The van der Waals surface area contributed by atoms with E-state index in [0.717, 1.165) is 50.0 Å². The molecule has 0 aliphatic carbocycles. The lowest BCUT2D eigenvalue weighted by molar-refractivity contribution is 0.236. The van der Waals surface area contributed by atoms with Crippen molar-refractivity contribution in [3.05, 3.63) is 99.6 Å². The van der Waals surface area contributed by atoms with Crippen LogP contribution >= 0.6 is 0 Å². The molecule has 0 bridgehead atoms. The maximum Gasteiger partial charge on any atom is 0.315 e. The summed E-state index contributed by atoms with van der Waals surface area (Å²) >= 11 is 0. The van der Waals surface area contributed by atoms with Gasteiger partial charge in [0.05, 0.1) is 6.54 Å². The number of urea groups is 1. The van der Waals surface area contributed by atoms with Gasteiger partial charge in [0.15, 0.2) is 5.82 Å². The summed E-state index contributed by atoms with van der Waals surface area (Å²) in [6.45, 7) is 8.72. The lowest BCUT2D eigenvalue weighted by Crippen LogP contribution is -2.41. The Morgan fingerprint density at radius 1 is 1.03 bits per heavy atom. The second kappa shape index (κ2) is 14.3. The van der Waals surface area contributed by atoms with Gasteiger partial charge >= 0.3 is 6.03 Å². The lowest BCUT2D eigenvalue weighted by atomic mass is 10.0. The summed E-state index contributed by atoms with van der Waals surface area (Å²) in [5.41, 5.74) is 4.49. The van der Waals surface area contributed by atoms with Crippen molar-refractivity contribution in [1.29, 1.82) is 0 Å². The maximum atomic E-state index is 13.1. The van der Waals surface area contributed by atoms with Crippen LogP contribution in [0.5, 0.6) is 0 Å². The molecule has 8 heteroatoms. The fourth-order valence-electron chi connectivity index (χ4n) is 4.77. The number of carbonyl (C=O) groups excluding carboxylic acids is 1. The summed E-state index contributed by atoms with van der Waals surface area (Å²) in [4.78, 5) is 31.7. The van der Waals surface area contributed by atoms with Crippen LogP contribution in [0.4, 0.5) is 10.6 Å². The topological polar surface area (TPSA) is 91.3 Å². The van der Waals surface area contributed by atoms with E-state index in [1.165, 1.54) is 11.1 Å². The van der Waals surface area contributed by atoms with Gasteiger partial charge in [-0.1, -0.05) is 73.2 Å². The summed E-state index contributed by atoms with van der Waals surface area (Å²) in [7, 11) is 0. The van der Waals surface area contributed by atoms with Gasteiger partial charge < -0.3 is 20.5 Å². The molecule has 1 aliphatic rings. The van der Waals surface area contributed by atoms with Crippen molar-refractivity contribution < 1.29 is 4.79 Å². The van der Waals surface area contributed by atoms with E-state index in [0.29, 0.717) is 25.5 Å². The van der Waals surface area contributed by atoms with E-state index in [1.807, 2.05) is 37.3 Å². The molecule has 1 aliphatic heterocycles. The van der Waals surface area contributed by atoms with Crippen LogP contribution in [0.25, 0.3) is 6.08 Å². The minimum atomic E-state index is -0.162. The first-order chi connectivity index (χ1) is 19.0. The average Bonchev–Trinajstić information content (AvgIpc) is 2.95. The van der Waals surface area contributed by atoms with E-state index in [2.05, 4.69) is 63.1 Å². The lowest BCUT2D eigenvalue weighted by Gasteiger charge is -2.32. The second-order valence-electron chi connectivity index (χ2n) is 10.2. The molecule has 0 saturated carbocycles. The third-order valence-corrected chi connectivity index (χ3v) is 6.89. The van der Waals surface area contributed by atoms with Crippen LogP contribution in [0, 0.1) is 0 Å². The highest BCUT2D eigenvalue weighted by Gasteiger charge is 2.20. The zero-order valence-corrected chi connectivity index (χ0v) is 23.0. The number of amides is 2. The van der Waals surface area contributed by atoms with Gasteiger partial charge in [-0.3, -0.25) is 9.69 Å². The van der Waals surface area contributed by atoms with Crippen LogP contribution in [0.15, 0.2) is 77.4 Å². The first-order valence-electron chi connectivity index (χ1n) is 13.9. The van der Waals surface area contributed by atoms with E-state index in [9.17, 15) is 9.59 Å². The molecular formula is C31H40N6O2. The normalized spacial score (nSPS) is 14.7. The Balaban J connectivity index is 1.26. The molecule has 39 heavy (non-hydrogen) atoms. The third kappa shape index (κ3) is 8.82. The van der Waals surface area contributed by atoms with Crippen LogP contribution in [-0.4, -0.2) is 52.7 Å². The van der Waals surface area contributed by atoms with E-state index in [1.54, 1.807) is 17.0 Å². The number of carbonyl (C=O) groups is 1. The molecule has 4 rings (SSSR count). The van der Waals surface area contributed by atoms with Crippen molar-refractivity contribution in [3.8, 4) is 0 Å². The molecule has 206 valence electrons. The third-order valence-electron chi connectivity index (χ3n) is 6.89. The molecule has 0 radical (unpaired) electrons. The predicted molar refractivity (Wildman–Crippen MR) is 158 cm³/mol. The Bertz CT molecular complexity index is 1280. The molecule has 3 aromatic rings. The number of nitrogens with zero attached hydrogens (tertiary/aromatic N) is 3. The van der Waals surface area contributed by atoms with E-state index < -0.39 is 0 Å². The van der Waals surface area contributed by atoms with Gasteiger partial charge in [-0.15, -0.1) is 0 Å². The van der Waals surface area contributed by atoms with Gasteiger partial charge in [-0.2, -0.15) is 0 Å². The zero-order valence-electron chi connectivity index (χ0n) is 23.0. The summed E-state index contributed by atoms with van der Waals surface area (Å²) in [6.07, 6.45) is 8.51. The van der Waals surface area contributed by atoms with E-state index in [-0.39, 0.29) is 17.6 Å². The molecule has 2 aromatic carbocycles. The minimum Gasteiger partial charge on any atom is -0.363 e.